The molecule has 3 aromatic rings. The molecular formula is C37H44ClF2N5O7S. The Balaban J connectivity index is 1.46. The van der Waals surface area contributed by atoms with Gasteiger partial charge in [0.1, 0.15) is 23.3 Å². The molecule has 0 spiro atoms. The molecule has 2 aromatic carbocycles. The lowest BCUT2D eigenvalue weighted by Crippen LogP contribution is -2.61. The number of amides is 3. The van der Waals surface area contributed by atoms with Crippen LogP contribution in [0.2, 0.25) is 5.02 Å². The van der Waals surface area contributed by atoms with Gasteiger partial charge in [0.25, 0.3) is 0 Å². The molecule has 1 saturated heterocycles. The first kappa shape index (κ1) is 39.9. The van der Waals surface area contributed by atoms with Crippen molar-refractivity contribution in [1.29, 1.82) is 0 Å². The number of nitrogens with zero attached hydrogens (tertiary/aromatic N) is 3. The normalized spacial score (nSPS) is 19.2. The topological polar surface area (TPSA) is 147 Å². The Morgan fingerprint density at radius 3 is 2.36 bits per heavy atom. The van der Waals surface area contributed by atoms with Crippen molar-refractivity contribution in [1.82, 2.24) is 19.5 Å². The third-order valence-electron chi connectivity index (χ3n) is 9.10. The third kappa shape index (κ3) is 9.81. The first-order valence-electron chi connectivity index (χ1n) is 17.3. The van der Waals surface area contributed by atoms with Gasteiger partial charge in [0.2, 0.25) is 15.9 Å². The van der Waals surface area contributed by atoms with Crippen molar-refractivity contribution in [2.75, 3.05) is 25.5 Å². The summed E-state index contributed by atoms with van der Waals surface area (Å²) in [5.41, 5.74) is 0.0868. The molecule has 286 valence electrons. The maximum Gasteiger partial charge on any atom is 0.410 e. The first-order valence-corrected chi connectivity index (χ1v) is 19.2. The molecule has 1 aliphatic heterocycles. The minimum atomic E-state index is -3.72. The average Bonchev–Trinajstić information content (AvgIpc) is 3.94. The number of anilines is 1. The molecule has 1 unspecified atom stereocenters. The summed E-state index contributed by atoms with van der Waals surface area (Å²) in [4.78, 5) is 45.4. The maximum atomic E-state index is 15.7. The standard InChI is InChI=1S/C37H44ClF2N5O7S/c1-22-20-44(36(48)52-37(2,3)4)21-27(45(22)53(49,50)28-14-15-28)13-16-29-30(40)18-41-19-31(29)42-34(46)33(43-35(47)51-5)32(23-9-11-25(38)12-10-23)24-7-6-8-26(39)17-24/h6-12,17-19,22,27-28,32-33H,13-16,20-21H2,1-5H3,(H,42,46)(H,43,47)/t22-,27-,32-,33?/m0/s1. The molecule has 0 bridgehead atoms. The zero-order chi connectivity index (χ0) is 38.7. The van der Waals surface area contributed by atoms with Crippen molar-refractivity contribution in [2.24, 2.45) is 0 Å². The Morgan fingerprint density at radius 2 is 1.74 bits per heavy atom. The highest BCUT2D eigenvalue weighted by molar-refractivity contribution is 7.90. The van der Waals surface area contributed by atoms with Crippen molar-refractivity contribution < 1.29 is 41.1 Å². The number of benzene rings is 2. The number of sulfonamides is 1. The van der Waals surface area contributed by atoms with Gasteiger partial charge < -0.3 is 25.0 Å². The molecule has 16 heteroatoms. The summed E-state index contributed by atoms with van der Waals surface area (Å²) in [5, 5.41) is 5.14. The number of pyridine rings is 1. The second kappa shape index (κ2) is 16.4. The molecule has 1 aliphatic carbocycles. The van der Waals surface area contributed by atoms with E-state index in [0.717, 1.165) is 13.3 Å². The number of methoxy groups -OCH3 is 1. The van der Waals surface area contributed by atoms with Crippen LogP contribution < -0.4 is 10.6 Å². The lowest BCUT2D eigenvalue weighted by atomic mass is 9.84. The number of carbonyl (C=O) groups excluding carboxylic acids is 3. The number of ether oxygens (including phenoxy) is 2. The lowest BCUT2D eigenvalue weighted by molar-refractivity contribution is -0.118. The summed E-state index contributed by atoms with van der Waals surface area (Å²) in [6.45, 7) is 7.08. The number of hydrogen-bond acceptors (Lipinski definition) is 8. The number of piperazine rings is 1. The van der Waals surface area contributed by atoms with Crippen LogP contribution in [0.15, 0.2) is 60.9 Å². The monoisotopic (exact) mass is 775 g/mol. The molecule has 2 N–H and O–H groups in total. The van der Waals surface area contributed by atoms with Gasteiger partial charge in [-0.2, -0.15) is 4.31 Å². The van der Waals surface area contributed by atoms with Crippen LogP contribution in [-0.2, 0) is 30.7 Å². The average molecular weight is 776 g/mol. The minimum absolute atomic E-state index is 0.0150. The van der Waals surface area contributed by atoms with Gasteiger partial charge in [-0.15, -0.1) is 0 Å². The molecule has 2 fully saturated rings. The number of halogens is 3. The van der Waals surface area contributed by atoms with E-state index in [2.05, 4.69) is 15.6 Å². The van der Waals surface area contributed by atoms with Crippen LogP contribution in [-0.4, -0.2) is 89.9 Å². The fraction of sp³-hybridized carbons (Fsp3) is 0.459. The minimum Gasteiger partial charge on any atom is -0.453 e. The third-order valence-corrected chi connectivity index (χ3v) is 11.9. The van der Waals surface area contributed by atoms with Gasteiger partial charge in [0.05, 0.1) is 30.4 Å². The SMILES string of the molecule is COC(=O)NC(C(=O)Nc1cncc(F)c1CC[C@H]1CN(C(=O)OC(C)(C)C)C[C@H](C)N1S(=O)(=O)C1CC1)[C@@H](c1ccc(Cl)cc1)c1cccc(F)c1. The second-order valence-electron chi connectivity index (χ2n) is 14.3. The lowest BCUT2D eigenvalue weighted by Gasteiger charge is -2.45. The van der Waals surface area contributed by atoms with E-state index in [9.17, 15) is 27.2 Å². The van der Waals surface area contributed by atoms with Crippen molar-refractivity contribution in [3.8, 4) is 0 Å². The molecule has 12 nitrogen and oxygen atoms in total. The van der Waals surface area contributed by atoms with Gasteiger partial charge in [-0.3, -0.25) is 9.78 Å². The van der Waals surface area contributed by atoms with Crippen LogP contribution in [0.1, 0.15) is 69.6 Å². The molecule has 53 heavy (non-hydrogen) atoms. The van der Waals surface area contributed by atoms with Crippen LogP contribution in [0, 0.1) is 11.6 Å². The van der Waals surface area contributed by atoms with Crippen LogP contribution in [0.25, 0.3) is 0 Å². The quantitative estimate of drug-likeness (QED) is 0.233. The van der Waals surface area contributed by atoms with Gasteiger partial charge >= 0.3 is 12.2 Å². The number of carbonyl (C=O) groups is 3. The Hall–Kier alpha value is -4.34. The van der Waals surface area contributed by atoms with Crippen LogP contribution in [0.4, 0.5) is 24.1 Å². The molecule has 1 aromatic heterocycles. The Kier molecular flexibility index (Phi) is 12.3. The number of hydrogen-bond donors (Lipinski definition) is 2. The Bertz CT molecular complexity index is 1920. The molecule has 3 amide bonds. The first-order chi connectivity index (χ1) is 25.0. The van der Waals surface area contributed by atoms with E-state index in [1.165, 1.54) is 33.6 Å². The fourth-order valence-electron chi connectivity index (χ4n) is 6.64. The molecule has 4 atom stereocenters. The van der Waals surface area contributed by atoms with Gasteiger partial charge in [0.15, 0.2) is 0 Å². The highest BCUT2D eigenvalue weighted by atomic mass is 35.5. The maximum absolute atomic E-state index is 15.7. The summed E-state index contributed by atoms with van der Waals surface area (Å²) >= 11 is 6.14. The van der Waals surface area contributed by atoms with E-state index in [1.807, 2.05) is 0 Å². The molecule has 2 heterocycles. The molecular weight excluding hydrogens is 732 g/mol. The largest absolute Gasteiger partial charge is 0.453 e. The van der Waals surface area contributed by atoms with Gasteiger partial charge in [-0.05, 0) is 88.8 Å². The van der Waals surface area contributed by atoms with Gasteiger partial charge in [0, 0.05) is 41.7 Å². The zero-order valence-corrected chi connectivity index (χ0v) is 31.7. The van der Waals surface area contributed by atoms with E-state index < -0.39 is 74.6 Å². The van der Waals surface area contributed by atoms with E-state index in [-0.39, 0.29) is 37.2 Å². The number of nitrogens with one attached hydrogen (secondary N) is 2. The summed E-state index contributed by atoms with van der Waals surface area (Å²) in [6.07, 6.45) is 1.80. The predicted molar refractivity (Wildman–Crippen MR) is 195 cm³/mol. The summed E-state index contributed by atoms with van der Waals surface area (Å²) in [7, 11) is -2.59. The fourth-order valence-corrected chi connectivity index (χ4v) is 9.00. The van der Waals surface area contributed by atoms with Crippen LogP contribution in [0.5, 0.6) is 0 Å². The number of aromatic nitrogens is 1. The zero-order valence-electron chi connectivity index (χ0n) is 30.1. The molecule has 1 saturated carbocycles. The highest BCUT2D eigenvalue weighted by Gasteiger charge is 2.48. The van der Waals surface area contributed by atoms with Gasteiger partial charge in [-0.1, -0.05) is 35.9 Å². The van der Waals surface area contributed by atoms with Crippen molar-refractivity contribution in [2.45, 2.75) is 88.3 Å². The Labute approximate surface area is 313 Å². The molecule has 5 rings (SSSR count). The summed E-state index contributed by atoms with van der Waals surface area (Å²) < 4.78 is 69.4. The van der Waals surface area contributed by atoms with Crippen molar-refractivity contribution >= 4 is 45.4 Å². The van der Waals surface area contributed by atoms with E-state index in [0.29, 0.717) is 29.0 Å². The van der Waals surface area contributed by atoms with Crippen molar-refractivity contribution in [3.05, 3.63) is 94.3 Å². The Morgan fingerprint density at radius 1 is 1.04 bits per heavy atom. The smallest absolute Gasteiger partial charge is 0.410 e. The number of alkyl carbamates (subject to hydrolysis) is 1. The van der Waals surface area contributed by atoms with E-state index in [4.69, 9.17) is 21.1 Å². The van der Waals surface area contributed by atoms with E-state index >= 15 is 4.39 Å². The number of rotatable bonds is 11. The summed E-state index contributed by atoms with van der Waals surface area (Å²) in [5.74, 6) is -3.09. The molecule has 2 aliphatic rings. The summed E-state index contributed by atoms with van der Waals surface area (Å²) in [6, 6.07) is 9.29. The van der Waals surface area contributed by atoms with Gasteiger partial charge in [-0.25, -0.2) is 26.8 Å². The van der Waals surface area contributed by atoms with Crippen molar-refractivity contribution in [3.63, 3.8) is 0 Å². The predicted octanol–water partition coefficient (Wildman–Crippen LogP) is 6.24. The molecule has 0 radical (unpaired) electrons. The van der Waals surface area contributed by atoms with E-state index in [1.54, 1.807) is 58.0 Å². The second-order valence-corrected chi connectivity index (χ2v) is 16.9. The highest BCUT2D eigenvalue weighted by Crippen LogP contribution is 2.37. The van der Waals surface area contributed by atoms with Crippen LogP contribution in [0.3, 0.4) is 0 Å². The van der Waals surface area contributed by atoms with Crippen LogP contribution >= 0.6 is 11.6 Å².